The molecule has 0 aliphatic carbocycles. The molecule has 1 aromatic carbocycles. The molecule has 0 radical (unpaired) electrons. The number of nitrogens with one attached hydrogen (secondary N) is 1. The lowest BCUT2D eigenvalue weighted by atomic mass is 10.2. The van der Waals surface area contributed by atoms with Crippen LogP contribution in [0.5, 0.6) is 0 Å². The molecule has 0 aliphatic heterocycles. The number of rotatable bonds is 5. The zero-order valence-electron chi connectivity index (χ0n) is 13.8. The summed E-state index contributed by atoms with van der Waals surface area (Å²) < 4.78 is 1.61. The highest BCUT2D eigenvalue weighted by Crippen LogP contribution is 2.28. The van der Waals surface area contributed by atoms with E-state index in [1.165, 1.54) is 0 Å². The van der Waals surface area contributed by atoms with Crippen LogP contribution in [0, 0.1) is 0 Å². The molecule has 2 heterocycles. The second kappa shape index (κ2) is 7.60. The molecule has 0 saturated heterocycles. The second-order valence-corrected chi connectivity index (χ2v) is 7.45. The van der Waals surface area contributed by atoms with Gasteiger partial charge in [-0.15, -0.1) is 11.3 Å². The third kappa shape index (κ3) is 3.89. The van der Waals surface area contributed by atoms with Gasteiger partial charge in [-0.2, -0.15) is 5.10 Å². The van der Waals surface area contributed by atoms with Gasteiger partial charge in [0.15, 0.2) is 0 Å². The largest absolute Gasteiger partial charge is 0.348 e. The summed E-state index contributed by atoms with van der Waals surface area (Å²) in [7, 11) is 0. The monoisotopic (exact) mass is 393 g/mol. The molecule has 2 aromatic heterocycles. The molecule has 25 heavy (non-hydrogen) atoms. The normalized spacial score (nSPS) is 12.2. The van der Waals surface area contributed by atoms with Gasteiger partial charge in [-0.05, 0) is 49.1 Å². The molecule has 0 fully saturated rings. The molecule has 0 unspecified atom stereocenters. The van der Waals surface area contributed by atoms with Crippen LogP contribution < -0.4 is 5.32 Å². The van der Waals surface area contributed by atoms with Gasteiger partial charge in [0.2, 0.25) is 0 Å². The molecule has 3 aromatic rings. The Balaban J connectivity index is 2.08. The number of aromatic nitrogens is 2. The molecule has 0 aliphatic rings. The Hall–Kier alpha value is -1.82. The molecule has 0 saturated carbocycles. The minimum Gasteiger partial charge on any atom is -0.348 e. The minimum absolute atomic E-state index is 0.0786. The Bertz CT molecular complexity index is 890. The molecule has 130 valence electrons. The van der Waals surface area contributed by atoms with Gasteiger partial charge in [0, 0.05) is 6.04 Å². The first-order valence-corrected chi connectivity index (χ1v) is 9.53. The van der Waals surface area contributed by atoms with Crippen molar-refractivity contribution in [2.24, 2.45) is 0 Å². The van der Waals surface area contributed by atoms with Gasteiger partial charge in [0.05, 0.1) is 20.6 Å². The van der Waals surface area contributed by atoms with Crippen molar-refractivity contribution in [3.63, 3.8) is 0 Å². The second-order valence-electron chi connectivity index (χ2n) is 5.69. The zero-order valence-corrected chi connectivity index (χ0v) is 16.1. The highest BCUT2D eigenvalue weighted by molar-refractivity contribution is 7.13. The number of thiophene rings is 1. The minimum atomic E-state index is -0.171. The van der Waals surface area contributed by atoms with Crippen LogP contribution in [0.3, 0.4) is 0 Å². The van der Waals surface area contributed by atoms with Crippen LogP contribution in [-0.2, 0) is 0 Å². The number of hydrogen-bond donors (Lipinski definition) is 1. The van der Waals surface area contributed by atoms with Crippen molar-refractivity contribution in [1.29, 1.82) is 0 Å². The number of carbonyl (C=O) groups is 1. The van der Waals surface area contributed by atoms with Crippen LogP contribution in [-0.4, -0.2) is 21.7 Å². The maximum absolute atomic E-state index is 12.7. The third-order valence-corrected chi connectivity index (χ3v) is 5.48. The smallest absolute Gasteiger partial charge is 0.270 e. The topological polar surface area (TPSA) is 46.9 Å². The molecule has 7 heteroatoms. The number of carbonyl (C=O) groups excluding carboxylic acids is 1. The lowest BCUT2D eigenvalue weighted by Gasteiger charge is -2.12. The standard InChI is InChI=1S/C18H17Cl2N3OS/c1-3-11(2)21-18(24)16-10-15(17-5-4-8-25-17)22-23(16)12-6-7-13(19)14(20)9-12/h4-11H,3H2,1-2H3,(H,21,24)/t11-/m0/s1. The summed E-state index contributed by atoms with van der Waals surface area (Å²) in [5.74, 6) is -0.171. The first kappa shape index (κ1) is 18.0. The van der Waals surface area contributed by atoms with Gasteiger partial charge in [0.25, 0.3) is 5.91 Å². The Morgan fingerprint density at radius 3 is 2.72 bits per heavy atom. The van der Waals surface area contributed by atoms with Crippen molar-refractivity contribution in [3.8, 4) is 16.3 Å². The predicted octanol–water partition coefficient (Wildman–Crippen LogP) is 5.44. The van der Waals surface area contributed by atoms with Crippen LogP contribution in [0.1, 0.15) is 30.8 Å². The van der Waals surface area contributed by atoms with Crippen LogP contribution in [0.25, 0.3) is 16.3 Å². The highest BCUT2D eigenvalue weighted by Gasteiger charge is 2.19. The molecule has 3 rings (SSSR count). The summed E-state index contributed by atoms with van der Waals surface area (Å²) in [6, 6.07) is 11.0. The fourth-order valence-electron chi connectivity index (χ4n) is 2.30. The van der Waals surface area contributed by atoms with Crippen LogP contribution in [0.4, 0.5) is 0 Å². The van der Waals surface area contributed by atoms with Crippen LogP contribution in [0.15, 0.2) is 41.8 Å². The summed E-state index contributed by atoms with van der Waals surface area (Å²) in [6.07, 6.45) is 0.852. The number of hydrogen-bond acceptors (Lipinski definition) is 3. The number of benzene rings is 1. The number of nitrogens with zero attached hydrogens (tertiary/aromatic N) is 2. The van der Waals surface area contributed by atoms with Crippen molar-refractivity contribution in [2.75, 3.05) is 0 Å². The quantitative estimate of drug-likeness (QED) is 0.627. The lowest BCUT2D eigenvalue weighted by Crippen LogP contribution is -2.33. The molecule has 1 amide bonds. The van der Waals surface area contributed by atoms with Crippen LogP contribution in [0.2, 0.25) is 10.0 Å². The van der Waals surface area contributed by atoms with E-state index in [0.717, 1.165) is 17.0 Å². The number of amides is 1. The van der Waals surface area contributed by atoms with Gasteiger partial charge in [-0.1, -0.05) is 36.2 Å². The van der Waals surface area contributed by atoms with Crippen molar-refractivity contribution >= 4 is 40.4 Å². The summed E-state index contributed by atoms with van der Waals surface area (Å²) >= 11 is 13.7. The van der Waals surface area contributed by atoms with E-state index in [4.69, 9.17) is 23.2 Å². The first-order valence-electron chi connectivity index (χ1n) is 7.89. The van der Waals surface area contributed by atoms with E-state index < -0.39 is 0 Å². The van der Waals surface area contributed by atoms with Gasteiger partial charge in [-0.3, -0.25) is 4.79 Å². The summed E-state index contributed by atoms with van der Waals surface area (Å²) in [5, 5.41) is 10.5. The van der Waals surface area contributed by atoms with E-state index >= 15 is 0 Å². The van der Waals surface area contributed by atoms with E-state index in [0.29, 0.717) is 21.4 Å². The summed E-state index contributed by atoms with van der Waals surface area (Å²) in [4.78, 5) is 13.7. The number of halogens is 2. The highest BCUT2D eigenvalue weighted by atomic mass is 35.5. The summed E-state index contributed by atoms with van der Waals surface area (Å²) in [6.45, 7) is 4.00. The third-order valence-electron chi connectivity index (χ3n) is 3.85. The van der Waals surface area contributed by atoms with Gasteiger partial charge in [0.1, 0.15) is 11.4 Å². The molecule has 1 N–H and O–H groups in total. The fourth-order valence-corrected chi connectivity index (χ4v) is 3.27. The van der Waals surface area contributed by atoms with Gasteiger partial charge >= 0.3 is 0 Å². The van der Waals surface area contributed by atoms with E-state index in [1.807, 2.05) is 31.4 Å². The molecule has 1 atom stereocenters. The van der Waals surface area contributed by atoms with E-state index in [9.17, 15) is 4.79 Å². The van der Waals surface area contributed by atoms with E-state index in [1.54, 1.807) is 40.3 Å². The molecule has 4 nitrogen and oxygen atoms in total. The predicted molar refractivity (Wildman–Crippen MR) is 104 cm³/mol. The Labute approximate surface area is 160 Å². The van der Waals surface area contributed by atoms with E-state index in [2.05, 4.69) is 10.4 Å². The SMILES string of the molecule is CC[C@H](C)NC(=O)c1cc(-c2cccs2)nn1-c1ccc(Cl)c(Cl)c1. The Morgan fingerprint density at radius 2 is 2.08 bits per heavy atom. The van der Waals surface area contributed by atoms with E-state index in [-0.39, 0.29) is 11.9 Å². The fraction of sp³-hybridized carbons (Fsp3) is 0.222. The van der Waals surface area contributed by atoms with Crippen LogP contribution >= 0.6 is 34.5 Å². The molecule has 0 spiro atoms. The zero-order chi connectivity index (χ0) is 18.0. The van der Waals surface area contributed by atoms with Crippen molar-refractivity contribution in [2.45, 2.75) is 26.3 Å². The van der Waals surface area contributed by atoms with Gasteiger partial charge in [-0.25, -0.2) is 4.68 Å². The molecule has 0 bridgehead atoms. The maximum atomic E-state index is 12.7. The van der Waals surface area contributed by atoms with Crippen molar-refractivity contribution in [1.82, 2.24) is 15.1 Å². The maximum Gasteiger partial charge on any atom is 0.270 e. The van der Waals surface area contributed by atoms with Crippen molar-refractivity contribution < 1.29 is 4.79 Å². The van der Waals surface area contributed by atoms with Gasteiger partial charge < -0.3 is 5.32 Å². The molecular formula is C18H17Cl2N3OS. The average Bonchev–Trinajstić information content (AvgIpc) is 3.26. The first-order chi connectivity index (χ1) is 12.0. The molecular weight excluding hydrogens is 377 g/mol. The Kier molecular flexibility index (Phi) is 5.47. The average molecular weight is 394 g/mol. The van der Waals surface area contributed by atoms with Crippen molar-refractivity contribution in [3.05, 3.63) is 57.5 Å². The lowest BCUT2D eigenvalue weighted by molar-refractivity contribution is 0.0931. The summed E-state index contributed by atoms with van der Waals surface area (Å²) in [5.41, 5.74) is 1.89. The Morgan fingerprint density at radius 1 is 1.28 bits per heavy atom.